The molecule has 1 aliphatic heterocycles. The summed E-state index contributed by atoms with van der Waals surface area (Å²) in [5.74, 6) is 2.35. The first-order chi connectivity index (χ1) is 8.20. The summed E-state index contributed by atoms with van der Waals surface area (Å²) < 4.78 is 5.22. The van der Waals surface area contributed by atoms with Gasteiger partial charge in [0.25, 0.3) is 0 Å². The van der Waals surface area contributed by atoms with Crippen molar-refractivity contribution in [2.75, 3.05) is 24.6 Å². The monoisotopic (exact) mass is 230 g/mol. The van der Waals surface area contributed by atoms with E-state index >= 15 is 0 Å². The van der Waals surface area contributed by atoms with Gasteiger partial charge in [0.15, 0.2) is 6.61 Å². The third-order valence-electron chi connectivity index (χ3n) is 3.36. The van der Waals surface area contributed by atoms with Crippen LogP contribution in [0.1, 0.15) is 13.8 Å². The zero-order chi connectivity index (χ0) is 12.3. The van der Waals surface area contributed by atoms with Crippen LogP contribution in [0.2, 0.25) is 0 Å². The predicted molar refractivity (Wildman–Crippen MR) is 68.1 cm³/mol. The van der Waals surface area contributed by atoms with Crippen LogP contribution in [0.15, 0.2) is 24.3 Å². The van der Waals surface area contributed by atoms with Crippen molar-refractivity contribution in [2.24, 2.45) is 11.8 Å². The molecule has 0 bridgehead atoms. The smallest absolute Gasteiger partial charge is 0.174 e. The first-order valence-corrected chi connectivity index (χ1v) is 6.05. The molecule has 1 aromatic rings. The molecule has 1 aromatic carbocycles. The Morgan fingerprint density at radius 2 is 2.00 bits per heavy atom. The zero-order valence-corrected chi connectivity index (χ0v) is 10.4. The second kappa shape index (κ2) is 5.09. The van der Waals surface area contributed by atoms with Gasteiger partial charge in [-0.15, -0.1) is 0 Å². The maximum atomic E-state index is 8.42. The molecule has 3 nitrogen and oxygen atoms in total. The number of ether oxygens (including phenoxy) is 1. The Labute approximate surface area is 103 Å². The van der Waals surface area contributed by atoms with Gasteiger partial charge in [-0.3, -0.25) is 0 Å². The van der Waals surface area contributed by atoms with E-state index in [1.165, 1.54) is 5.69 Å². The average molecular weight is 230 g/mol. The standard InChI is InChI=1S/C14H18N2O/c1-11(2)12-9-16(10-12)13-3-5-14(6-4-13)17-8-7-15/h3-6,11-12H,8-10H2,1-2H3. The highest BCUT2D eigenvalue weighted by molar-refractivity contribution is 5.51. The lowest BCUT2D eigenvalue weighted by atomic mass is 9.88. The van der Waals surface area contributed by atoms with Crippen molar-refractivity contribution in [2.45, 2.75) is 13.8 Å². The number of nitriles is 1. The van der Waals surface area contributed by atoms with E-state index in [1.807, 2.05) is 18.2 Å². The van der Waals surface area contributed by atoms with Crippen LogP contribution >= 0.6 is 0 Å². The van der Waals surface area contributed by atoms with Gasteiger partial charge in [-0.05, 0) is 36.1 Å². The maximum Gasteiger partial charge on any atom is 0.174 e. The van der Waals surface area contributed by atoms with Crippen molar-refractivity contribution in [1.82, 2.24) is 0 Å². The lowest BCUT2D eigenvalue weighted by molar-refractivity contribution is 0.309. The maximum absolute atomic E-state index is 8.42. The van der Waals surface area contributed by atoms with E-state index in [-0.39, 0.29) is 6.61 Å². The van der Waals surface area contributed by atoms with Crippen LogP contribution < -0.4 is 9.64 Å². The van der Waals surface area contributed by atoms with E-state index in [0.29, 0.717) is 0 Å². The van der Waals surface area contributed by atoms with Gasteiger partial charge < -0.3 is 9.64 Å². The van der Waals surface area contributed by atoms with Crippen molar-refractivity contribution in [3.05, 3.63) is 24.3 Å². The summed E-state index contributed by atoms with van der Waals surface area (Å²) in [6, 6.07) is 9.93. The number of hydrogen-bond donors (Lipinski definition) is 0. The molecule has 0 saturated carbocycles. The van der Waals surface area contributed by atoms with Crippen molar-refractivity contribution >= 4 is 5.69 Å². The lowest BCUT2D eigenvalue weighted by Gasteiger charge is -2.43. The molecule has 3 heteroatoms. The summed E-state index contributed by atoms with van der Waals surface area (Å²) in [5, 5.41) is 8.42. The highest BCUT2D eigenvalue weighted by Crippen LogP contribution is 2.29. The molecule has 0 aromatic heterocycles. The van der Waals surface area contributed by atoms with Gasteiger partial charge in [0, 0.05) is 18.8 Å². The molecule has 1 heterocycles. The van der Waals surface area contributed by atoms with E-state index < -0.39 is 0 Å². The van der Waals surface area contributed by atoms with E-state index in [9.17, 15) is 0 Å². The van der Waals surface area contributed by atoms with Crippen LogP contribution in [-0.4, -0.2) is 19.7 Å². The van der Waals surface area contributed by atoms with Crippen LogP contribution in [0, 0.1) is 23.2 Å². The highest BCUT2D eigenvalue weighted by Gasteiger charge is 2.28. The van der Waals surface area contributed by atoms with Crippen LogP contribution in [0.5, 0.6) is 5.75 Å². The van der Waals surface area contributed by atoms with Crippen molar-refractivity contribution in [1.29, 1.82) is 5.26 Å². The molecule has 17 heavy (non-hydrogen) atoms. The molecular weight excluding hydrogens is 212 g/mol. The van der Waals surface area contributed by atoms with E-state index in [2.05, 4.69) is 30.9 Å². The molecule has 1 saturated heterocycles. The number of benzene rings is 1. The summed E-state index contributed by atoms with van der Waals surface area (Å²) in [6.07, 6.45) is 0. The van der Waals surface area contributed by atoms with Gasteiger partial charge in [-0.25, -0.2) is 0 Å². The fourth-order valence-corrected chi connectivity index (χ4v) is 2.01. The second-order valence-corrected chi connectivity index (χ2v) is 4.85. The molecule has 0 spiro atoms. The zero-order valence-electron chi connectivity index (χ0n) is 10.4. The summed E-state index contributed by atoms with van der Waals surface area (Å²) in [6.45, 7) is 6.96. The fourth-order valence-electron chi connectivity index (χ4n) is 2.01. The van der Waals surface area contributed by atoms with E-state index in [0.717, 1.165) is 30.7 Å². The van der Waals surface area contributed by atoms with Crippen LogP contribution in [-0.2, 0) is 0 Å². The Bertz CT molecular complexity index is 399. The van der Waals surface area contributed by atoms with Gasteiger partial charge in [-0.2, -0.15) is 5.26 Å². The minimum atomic E-state index is 0.110. The summed E-state index contributed by atoms with van der Waals surface area (Å²) >= 11 is 0. The quantitative estimate of drug-likeness (QED) is 0.798. The molecule has 0 aliphatic carbocycles. The largest absolute Gasteiger partial charge is 0.479 e. The lowest BCUT2D eigenvalue weighted by Crippen LogP contribution is -2.49. The number of hydrogen-bond acceptors (Lipinski definition) is 3. The molecule has 1 fully saturated rings. The first-order valence-electron chi connectivity index (χ1n) is 6.05. The van der Waals surface area contributed by atoms with Crippen molar-refractivity contribution < 1.29 is 4.74 Å². The Morgan fingerprint density at radius 3 is 2.53 bits per heavy atom. The highest BCUT2D eigenvalue weighted by atomic mass is 16.5. The van der Waals surface area contributed by atoms with Crippen molar-refractivity contribution in [3.8, 4) is 11.8 Å². The normalized spacial score (nSPS) is 15.5. The predicted octanol–water partition coefficient (Wildman–Crippen LogP) is 2.68. The van der Waals surface area contributed by atoms with Gasteiger partial charge >= 0.3 is 0 Å². The number of nitrogens with zero attached hydrogens (tertiary/aromatic N) is 2. The Balaban J connectivity index is 1.89. The van der Waals surface area contributed by atoms with Crippen LogP contribution in [0.3, 0.4) is 0 Å². The van der Waals surface area contributed by atoms with Crippen LogP contribution in [0.4, 0.5) is 5.69 Å². The molecule has 0 amide bonds. The van der Waals surface area contributed by atoms with Gasteiger partial charge in [0.2, 0.25) is 0 Å². The number of rotatable bonds is 4. The molecule has 0 N–H and O–H groups in total. The summed E-state index contributed by atoms with van der Waals surface area (Å²) in [7, 11) is 0. The Hall–Kier alpha value is -1.69. The molecule has 90 valence electrons. The fraction of sp³-hybridized carbons (Fsp3) is 0.500. The Kier molecular flexibility index (Phi) is 3.53. The Morgan fingerprint density at radius 1 is 1.35 bits per heavy atom. The molecule has 0 unspecified atom stereocenters. The third-order valence-corrected chi connectivity index (χ3v) is 3.36. The van der Waals surface area contributed by atoms with E-state index in [1.54, 1.807) is 0 Å². The van der Waals surface area contributed by atoms with Crippen LogP contribution in [0.25, 0.3) is 0 Å². The molecule has 0 atom stereocenters. The van der Waals surface area contributed by atoms with Gasteiger partial charge in [-0.1, -0.05) is 13.8 Å². The SMILES string of the molecule is CC(C)C1CN(c2ccc(OCC#N)cc2)C1. The van der Waals surface area contributed by atoms with Gasteiger partial charge in [0.1, 0.15) is 11.8 Å². The first kappa shape index (κ1) is 11.8. The molecule has 2 rings (SSSR count). The van der Waals surface area contributed by atoms with Crippen molar-refractivity contribution in [3.63, 3.8) is 0 Å². The topological polar surface area (TPSA) is 36.3 Å². The number of anilines is 1. The third kappa shape index (κ3) is 2.71. The van der Waals surface area contributed by atoms with Gasteiger partial charge in [0.05, 0.1) is 0 Å². The summed E-state index contributed by atoms with van der Waals surface area (Å²) in [5.41, 5.74) is 1.24. The minimum Gasteiger partial charge on any atom is -0.479 e. The van der Waals surface area contributed by atoms with E-state index in [4.69, 9.17) is 10.00 Å². The molecular formula is C14H18N2O. The molecule has 0 radical (unpaired) electrons. The second-order valence-electron chi connectivity index (χ2n) is 4.85. The average Bonchev–Trinajstić information content (AvgIpc) is 2.25. The summed E-state index contributed by atoms with van der Waals surface area (Å²) in [4.78, 5) is 2.37. The minimum absolute atomic E-state index is 0.110. The molecule has 1 aliphatic rings.